The van der Waals surface area contributed by atoms with Crippen LogP contribution in [0, 0.1) is 0 Å². The standard InChI is InChI=1S/C17H25NO5Se/c1-17(2,3)23-16(21)18-14(15(19)20)9-10-24-11-12-5-7-13(22-4)8-6-12/h5-8,14H,9-11H2,1-4H3,(H,18,21)(H,19,20)/t14-/m0/s1. The molecule has 1 rings (SSSR count). The van der Waals surface area contributed by atoms with Crippen LogP contribution in [0.2, 0.25) is 5.32 Å². The number of carbonyl (C=O) groups is 2. The molecule has 0 radical (unpaired) electrons. The first-order chi connectivity index (χ1) is 11.2. The Morgan fingerprint density at radius 3 is 2.38 bits per heavy atom. The molecular weight excluding hydrogens is 377 g/mol. The van der Waals surface area contributed by atoms with E-state index in [1.165, 1.54) is 5.56 Å². The zero-order valence-electron chi connectivity index (χ0n) is 14.5. The molecule has 0 spiro atoms. The molecule has 1 aromatic carbocycles. The van der Waals surface area contributed by atoms with Crippen LogP contribution >= 0.6 is 0 Å². The molecule has 1 aromatic rings. The molecule has 6 nitrogen and oxygen atoms in total. The molecular formula is C17H25NO5Se. The molecule has 0 heterocycles. The number of carboxylic acid groups (broad SMARTS) is 1. The van der Waals surface area contributed by atoms with Gasteiger partial charge in [0.15, 0.2) is 0 Å². The fourth-order valence-corrected chi connectivity index (χ4v) is 3.87. The molecule has 0 fully saturated rings. The normalized spacial score (nSPS) is 12.3. The molecule has 0 aliphatic heterocycles. The topological polar surface area (TPSA) is 84.9 Å². The summed E-state index contributed by atoms with van der Waals surface area (Å²) >= 11 is 0.262. The second kappa shape index (κ2) is 9.55. The van der Waals surface area contributed by atoms with Crippen LogP contribution in [-0.2, 0) is 14.9 Å². The zero-order valence-corrected chi connectivity index (χ0v) is 16.2. The predicted molar refractivity (Wildman–Crippen MR) is 92.7 cm³/mol. The molecule has 0 aromatic heterocycles. The van der Waals surface area contributed by atoms with Crippen molar-refractivity contribution in [3.05, 3.63) is 29.8 Å². The van der Waals surface area contributed by atoms with Gasteiger partial charge >= 0.3 is 149 Å². The van der Waals surface area contributed by atoms with Gasteiger partial charge in [-0.2, -0.15) is 0 Å². The van der Waals surface area contributed by atoms with E-state index in [0.29, 0.717) is 6.42 Å². The van der Waals surface area contributed by atoms with Crippen molar-refractivity contribution in [2.75, 3.05) is 7.11 Å². The van der Waals surface area contributed by atoms with E-state index in [9.17, 15) is 14.7 Å². The van der Waals surface area contributed by atoms with Crippen molar-refractivity contribution in [3.63, 3.8) is 0 Å². The summed E-state index contributed by atoms with van der Waals surface area (Å²) in [4.78, 5) is 22.9. The van der Waals surface area contributed by atoms with Crippen molar-refractivity contribution in [1.82, 2.24) is 5.32 Å². The fraction of sp³-hybridized carbons (Fsp3) is 0.529. The Labute approximate surface area is 149 Å². The summed E-state index contributed by atoms with van der Waals surface area (Å²) in [6.07, 6.45) is -0.303. The van der Waals surface area contributed by atoms with Gasteiger partial charge in [0, 0.05) is 0 Å². The Bertz CT molecular complexity index is 539. The summed E-state index contributed by atoms with van der Waals surface area (Å²) in [6, 6.07) is 6.92. The number of rotatable bonds is 8. The first kappa shape index (κ1) is 20.3. The van der Waals surface area contributed by atoms with Crippen LogP contribution in [0.25, 0.3) is 0 Å². The maximum atomic E-state index is 11.7. The number of amides is 1. The molecule has 0 aliphatic rings. The van der Waals surface area contributed by atoms with Crippen LogP contribution in [0.4, 0.5) is 4.79 Å². The minimum atomic E-state index is -1.04. The van der Waals surface area contributed by atoms with Crippen molar-refractivity contribution in [3.8, 4) is 5.75 Å². The average Bonchev–Trinajstić information content (AvgIpc) is 2.48. The number of aliphatic carboxylic acids is 1. The molecule has 134 valence electrons. The predicted octanol–water partition coefficient (Wildman–Crippen LogP) is 2.69. The van der Waals surface area contributed by atoms with Crippen LogP contribution in [0.5, 0.6) is 5.75 Å². The van der Waals surface area contributed by atoms with E-state index in [0.717, 1.165) is 16.4 Å². The van der Waals surface area contributed by atoms with Crippen molar-refractivity contribution < 1.29 is 24.2 Å². The molecule has 0 aliphatic carbocycles. The summed E-state index contributed by atoms with van der Waals surface area (Å²) < 4.78 is 10.2. The Hall–Kier alpha value is -1.72. The second-order valence-electron chi connectivity index (χ2n) is 6.23. The van der Waals surface area contributed by atoms with Crippen LogP contribution in [0.3, 0.4) is 0 Å². The van der Waals surface area contributed by atoms with Crippen LogP contribution in [0.1, 0.15) is 32.8 Å². The summed E-state index contributed by atoms with van der Waals surface area (Å²) in [5, 5.41) is 13.3. The molecule has 1 amide bonds. The van der Waals surface area contributed by atoms with Crippen LogP contribution in [-0.4, -0.2) is 50.9 Å². The van der Waals surface area contributed by atoms with E-state index in [2.05, 4.69) is 5.32 Å². The van der Waals surface area contributed by atoms with E-state index >= 15 is 0 Å². The number of hydrogen-bond donors (Lipinski definition) is 2. The van der Waals surface area contributed by atoms with Gasteiger partial charge in [-0.1, -0.05) is 0 Å². The van der Waals surface area contributed by atoms with Gasteiger partial charge in [-0.15, -0.1) is 0 Å². The number of methoxy groups -OCH3 is 1. The van der Waals surface area contributed by atoms with Gasteiger partial charge in [-0.25, -0.2) is 0 Å². The summed E-state index contributed by atoms with van der Waals surface area (Å²) in [5.41, 5.74) is 0.550. The molecule has 0 bridgehead atoms. The van der Waals surface area contributed by atoms with E-state index < -0.39 is 23.7 Å². The molecule has 2 N–H and O–H groups in total. The third-order valence-electron chi connectivity index (χ3n) is 2.97. The third kappa shape index (κ3) is 8.22. The molecule has 1 atom stereocenters. The average molecular weight is 402 g/mol. The molecule has 24 heavy (non-hydrogen) atoms. The van der Waals surface area contributed by atoms with Crippen LogP contribution in [0.15, 0.2) is 24.3 Å². The number of hydrogen-bond acceptors (Lipinski definition) is 4. The quantitative estimate of drug-likeness (QED) is 0.516. The number of nitrogens with one attached hydrogen (secondary N) is 1. The zero-order chi connectivity index (χ0) is 18.2. The van der Waals surface area contributed by atoms with Crippen molar-refractivity contribution in [2.45, 2.75) is 49.5 Å². The number of ether oxygens (including phenoxy) is 2. The van der Waals surface area contributed by atoms with Gasteiger partial charge in [0.2, 0.25) is 0 Å². The van der Waals surface area contributed by atoms with Gasteiger partial charge in [-0.05, 0) is 0 Å². The molecule has 0 saturated heterocycles. The number of benzene rings is 1. The van der Waals surface area contributed by atoms with Crippen molar-refractivity contribution in [2.24, 2.45) is 0 Å². The van der Waals surface area contributed by atoms with E-state index in [-0.39, 0.29) is 15.0 Å². The molecule has 7 heteroatoms. The van der Waals surface area contributed by atoms with Crippen molar-refractivity contribution in [1.29, 1.82) is 0 Å². The SMILES string of the molecule is COc1ccc(C[Se]CC[C@H](NC(=O)OC(C)(C)C)C(=O)O)cc1. The monoisotopic (exact) mass is 403 g/mol. The van der Waals surface area contributed by atoms with Gasteiger partial charge in [0.25, 0.3) is 0 Å². The second-order valence-corrected chi connectivity index (χ2v) is 8.55. The van der Waals surface area contributed by atoms with Crippen molar-refractivity contribution >= 4 is 27.0 Å². The summed E-state index contributed by atoms with van der Waals surface area (Å²) in [7, 11) is 1.63. The van der Waals surface area contributed by atoms with Crippen LogP contribution < -0.4 is 10.1 Å². The third-order valence-corrected chi connectivity index (χ3v) is 5.20. The van der Waals surface area contributed by atoms with E-state index in [4.69, 9.17) is 9.47 Å². The Morgan fingerprint density at radius 1 is 1.25 bits per heavy atom. The molecule has 0 saturated carbocycles. The summed E-state index contributed by atoms with van der Waals surface area (Å²) in [6.45, 7) is 5.21. The Balaban J connectivity index is 2.38. The number of alkyl carbamates (subject to hydrolysis) is 1. The first-order valence-corrected chi connectivity index (χ1v) is 10.1. The Kier molecular flexibility index (Phi) is 8.08. The van der Waals surface area contributed by atoms with Gasteiger partial charge in [0.05, 0.1) is 0 Å². The summed E-state index contributed by atoms with van der Waals surface area (Å²) in [5.74, 6) is -0.222. The molecule has 0 unspecified atom stereocenters. The number of carbonyl (C=O) groups excluding carboxylic acids is 1. The van der Waals surface area contributed by atoms with Gasteiger partial charge in [0.1, 0.15) is 0 Å². The minimum absolute atomic E-state index is 0.262. The number of carboxylic acids is 1. The first-order valence-electron chi connectivity index (χ1n) is 7.64. The maximum absolute atomic E-state index is 11.7. The van der Waals surface area contributed by atoms with Gasteiger partial charge < -0.3 is 0 Å². The van der Waals surface area contributed by atoms with E-state index in [1.54, 1.807) is 27.9 Å². The Morgan fingerprint density at radius 2 is 1.88 bits per heavy atom. The van der Waals surface area contributed by atoms with E-state index in [1.807, 2.05) is 24.3 Å². The van der Waals surface area contributed by atoms with Gasteiger partial charge in [-0.3, -0.25) is 0 Å². The fourth-order valence-electron chi connectivity index (χ4n) is 1.82.